The van der Waals surface area contributed by atoms with Crippen molar-refractivity contribution < 1.29 is 9.53 Å². The van der Waals surface area contributed by atoms with Crippen LogP contribution in [0.5, 0.6) is 0 Å². The van der Waals surface area contributed by atoms with Crippen LogP contribution in [0, 0.1) is 6.92 Å². The van der Waals surface area contributed by atoms with Crippen molar-refractivity contribution in [3.63, 3.8) is 0 Å². The second-order valence-corrected chi connectivity index (χ2v) is 5.08. The van der Waals surface area contributed by atoms with E-state index in [-0.39, 0.29) is 24.1 Å². The highest BCUT2D eigenvalue weighted by molar-refractivity contribution is 5.82. The van der Waals surface area contributed by atoms with Crippen molar-refractivity contribution in [1.82, 2.24) is 20.4 Å². The molecule has 0 bridgehead atoms. The summed E-state index contributed by atoms with van der Waals surface area (Å²) in [4.78, 5) is 12.2. The number of nitrogens with zero attached hydrogens (tertiary/aromatic N) is 2. The first-order valence-electron chi connectivity index (χ1n) is 6.64. The summed E-state index contributed by atoms with van der Waals surface area (Å²) in [6.45, 7) is 7.19. The number of hydrogen-bond donors (Lipinski definition) is 2. The third kappa shape index (κ3) is 3.13. The van der Waals surface area contributed by atoms with Gasteiger partial charge < -0.3 is 15.4 Å². The van der Waals surface area contributed by atoms with Crippen molar-refractivity contribution in [2.75, 3.05) is 13.2 Å². The minimum absolute atomic E-state index is 0.0250. The fourth-order valence-corrected chi connectivity index (χ4v) is 2.45. The summed E-state index contributed by atoms with van der Waals surface area (Å²) in [6, 6.07) is -0.342. The van der Waals surface area contributed by atoms with Crippen LogP contribution in [0.15, 0.2) is 6.20 Å². The number of carbonyl (C=O) groups excluding carboxylic acids is 1. The van der Waals surface area contributed by atoms with E-state index in [4.69, 9.17) is 4.74 Å². The Bertz CT molecular complexity index is 457. The van der Waals surface area contributed by atoms with Gasteiger partial charge in [0.15, 0.2) is 0 Å². The number of hydrogen-bond acceptors (Lipinski definition) is 4. The van der Waals surface area contributed by atoms with Crippen LogP contribution in [0.2, 0.25) is 0 Å². The number of carbonyl (C=O) groups is 1. The van der Waals surface area contributed by atoms with Crippen LogP contribution >= 0.6 is 0 Å². The Labute approximate surface area is 113 Å². The highest BCUT2D eigenvalue weighted by Gasteiger charge is 2.29. The molecule has 1 saturated heterocycles. The highest BCUT2D eigenvalue weighted by atomic mass is 16.5. The third-order valence-corrected chi connectivity index (χ3v) is 3.48. The van der Waals surface area contributed by atoms with Gasteiger partial charge in [0.2, 0.25) is 5.91 Å². The van der Waals surface area contributed by atoms with Crippen molar-refractivity contribution in [2.45, 2.75) is 39.0 Å². The molecule has 0 saturated carbocycles. The maximum atomic E-state index is 12.2. The molecule has 1 aromatic heterocycles. The van der Waals surface area contributed by atoms with E-state index in [2.05, 4.69) is 15.7 Å². The molecule has 1 fully saturated rings. The lowest BCUT2D eigenvalue weighted by molar-refractivity contribution is -0.129. The summed E-state index contributed by atoms with van der Waals surface area (Å²) in [7, 11) is 1.88. The normalized spacial score (nSPS) is 25.1. The molecule has 1 amide bonds. The fraction of sp³-hybridized carbons (Fsp3) is 0.692. The molecule has 2 rings (SSSR count). The summed E-state index contributed by atoms with van der Waals surface area (Å²) >= 11 is 0. The van der Waals surface area contributed by atoms with Crippen molar-refractivity contribution in [3.05, 3.63) is 17.5 Å². The predicted molar refractivity (Wildman–Crippen MR) is 71.7 cm³/mol. The average Bonchev–Trinajstić information content (AvgIpc) is 2.69. The van der Waals surface area contributed by atoms with Gasteiger partial charge in [0.05, 0.1) is 24.4 Å². The monoisotopic (exact) mass is 266 g/mol. The Morgan fingerprint density at radius 3 is 3.00 bits per heavy atom. The van der Waals surface area contributed by atoms with Crippen molar-refractivity contribution >= 4 is 5.91 Å². The number of aryl methyl sites for hydroxylation is 2. The molecule has 1 aliphatic heterocycles. The fourth-order valence-electron chi connectivity index (χ4n) is 2.45. The van der Waals surface area contributed by atoms with E-state index >= 15 is 0 Å². The Hall–Kier alpha value is -1.40. The van der Waals surface area contributed by atoms with E-state index in [0.717, 1.165) is 11.3 Å². The maximum Gasteiger partial charge on any atom is 0.240 e. The van der Waals surface area contributed by atoms with E-state index in [1.54, 1.807) is 4.68 Å². The van der Waals surface area contributed by atoms with Crippen LogP contribution in [0.4, 0.5) is 0 Å². The number of rotatable bonds is 3. The Morgan fingerprint density at radius 2 is 2.42 bits per heavy atom. The van der Waals surface area contributed by atoms with Gasteiger partial charge in [0, 0.05) is 25.4 Å². The maximum absolute atomic E-state index is 12.2. The second-order valence-electron chi connectivity index (χ2n) is 5.08. The van der Waals surface area contributed by atoms with Crippen LogP contribution in [0.1, 0.15) is 31.1 Å². The smallest absolute Gasteiger partial charge is 0.240 e. The molecular weight excluding hydrogens is 244 g/mol. The topological polar surface area (TPSA) is 68.2 Å². The lowest BCUT2D eigenvalue weighted by Gasteiger charge is -2.30. The first-order valence-corrected chi connectivity index (χ1v) is 6.64. The molecule has 2 N–H and O–H groups in total. The van der Waals surface area contributed by atoms with Gasteiger partial charge >= 0.3 is 0 Å². The van der Waals surface area contributed by atoms with Gasteiger partial charge in [-0.25, -0.2) is 0 Å². The molecule has 6 heteroatoms. The number of aromatic nitrogens is 2. The van der Waals surface area contributed by atoms with E-state index in [9.17, 15) is 4.79 Å². The SMILES string of the molecule is Cc1nn(C)cc1C(C)NC(=O)[C@H]1NCCO[C@@H]1C. The highest BCUT2D eigenvalue weighted by Crippen LogP contribution is 2.16. The molecule has 106 valence electrons. The lowest BCUT2D eigenvalue weighted by atomic mass is 10.1. The van der Waals surface area contributed by atoms with Crippen molar-refractivity contribution in [3.8, 4) is 0 Å². The van der Waals surface area contributed by atoms with Gasteiger partial charge in [-0.1, -0.05) is 0 Å². The predicted octanol–water partition coefficient (Wildman–Crippen LogP) is 0.283. The number of morpholine rings is 1. The summed E-state index contributed by atoms with van der Waals surface area (Å²) < 4.78 is 7.25. The number of amides is 1. The summed E-state index contributed by atoms with van der Waals surface area (Å²) in [5.74, 6) is -0.0250. The molecular formula is C13H22N4O2. The summed E-state index contributed by atoms with van der Waals surface area (Å²) in [6.07, 6.45) is 1.84. The summed E-state index contributed by atoms with van der Waals surface area (Å²) in [5.41, 5.74) is 1.98. The number of nitrogens with one attached hydrogen (secondary N) is 2. The van der Waals surface area contributed by atoms with Crippen LogP contribution in [-0.4, -0.2) is 41.0 Å². The quantitative estimate of drug-likeness (QED) is 0.825. The Morgan fingerprint density at radius 1 is 1.68 bits per heavy atom. The van der Waals surface area contributed by atoms with Crippen LogP contribution in [-0.2, 0) is 16.6 Å². The zero-order valence-corrected chi connectivity index (χ0v) is 11.9. The molecule has 1 aromatic rings. The molecule has 0 radical (unpaired) electrons. The van der Waals surface area contributed by atoms with Gasteiger partial charge in [-0.2, -0.15) is 5.10 Å². The Kier molecular flexibility index (Phi) is 4.21. The molecule has 3 atom stereocenters. The minimum atomic E-state index is -0.284. The molecule has 19 heavy (non-hydrogen) atoms. The first kappa shape index (κ1) is 14.0. The van der Waals surface area contributed by atoms with Crippen molar-refractivity contribution in [1.29, 1.82) is 0 Å². The standard InChI is InChI=1S/C13H22N4O2/c1-8(11-7-17(4)16-9(11)2)15-13(18)12-10(3)19-6-5-14-12/h7-8,10,12,14H,5-6H2,1-4H3,(H,15,18)/t8?,10-,12+/m1/s1. The van der Waals surface area contributed by atoms with Gasteiger partial charge in [-0.05, 0) is 20.8 Å². The second kappa shape index (κ2) is 5.71. The molecule has 2 heterocycles. The van der Waals surface area contributed by atoms with Gasteiger partial charge in [0.25, 0.3) is 0 Å². The zero-order chi connectivity index (χ0) is 14.0. The van der Waals surface area contributed by atoms with Crippen LogP contribution in [0.25, 0.3) is 0 Å². The minimum Gasteiger partial charge on any atom is -0.375 e. The van der Waals surface area contributed by atoms with E-state index < -0.39 is 0 Å². The molecule has 0 aromatic carbocycles. The van der Waals surface area contributed by atoms with E-state index in [1.165, 1.54) is 0 Å². The van der Waals surface area contributed by atoms with Gasteiger partial charge in [-0.3, -0.25) is 9.48 Å². The average molecular weight is 266 g/mol. The van der Waals surface area contributed by atoms with Crippen LogP contribution < -0.4 is 10.6 Å². The number of ether oxygens (including phenoxy) is 1. The Balaban J connectivity index is 2.00. The zero-order valence-electron chi connectivity index (χ0n) is 11.9. The molecule has 1 aliphatic rings. The molecule has 0 spiro atoms. The van der Waals surface area contributed by atoms with Crippen molar-refractivity contribution in [2.24, 2.45) is 7.05 Å². The third-order valence-electron chi connectivity index (χ3n) is 3.48. The first-order chi connectivity index (χ1) is 8.99. The molecule has 1 unspecified atom stereocenters. The lowest BCUT2D eigenvalue weighted by Crippen LogP contribution is -2.55. The van der Waals surface area contributed by atoms with Gasteiger partial charge in [0.1, 0.15) is 6.04 Å². The largest absolute Gasteiger partial charge is 0.375 e. The van der Waals surface area contributed by atoms with E-state index in [1.807, 2.05) is 34.0 Å². The molecule has 0 aliphatic carbocycles. The molecule has 6 nitrogen and oxygen atoms in total. The van der Waals surface area contributed by atoms with Gasteiger partial charge in [-0.15, -0.1) is 0 Å². The summed E-state index contributed by atoms with van der Waals surface area (Å²) in [5, 5.41) is 10.5. The van der Waals surface area contributed by atoms with Crippen LogP contribution in [0.3, 0.4) is 0 Å². The van der Waals surface area contributed by atoms with E-state index in [0.29, 0.717) is 13.2 Å².